The Bertz CT molecular complexity index is 1830. The van der Waals surface area contributed by atoms with Gasteiger partial charge in [0.15, 0.2) is 11.6 Å². The number of carbonyl (C=O) groups is 2. The molecule has 2 unspecified atom stereocenters. The lowest BCUT2D eigenvalue weighted by atomic mass is 9.72. The molecule has 0 bridgehead atoms. The van der Waals surface area contributed by atoms with Crippen molar-refractivity contribution >= 4 is 22.3 Å². The highest BCUT2D eigenvalue weighted by molar-refractivity contribution is 6.09. The SMILES string of the molecule is CCCCC1(c2ccc3ccccc3c2)Cc2ccccc2C1=O.CCCCC1Cc2cccc(-c3ccc(C)cc3)c2C1=O. The zero-order valence-corrected chi connectivity index (χ0v) is 26.9. The Balaban J connectivity index is 0.000000160. The third-order valence-corrected chi connectivity index (χ3v) is 9.95. The minimum atomic E-state index is -0.385. The lowest BCUT2D eigenvalue weighted by Crippen LogP contribution is -2.33. The molecule has 228 valence electrons. The summed E-state index contributed by atoms with van der Waals surface area (Å²) in [7, 11) is 0. The maximum absolute atomic E-state index is 13.4. The van der Waals surface area contributed by atoms with Gasteiger partial charge in [-0.25, -0.2) is 0 Å². The third-order valence-electron chi connectivity index (χ3n) is 9.95. The second-order valence-electron chi connectivity index (χ2n) is 13.0. The quantitative estimate of drug-likeness (QED) is 0.180. The largest absolute Gasteiger partial charge is 0.294 e. The molecule has 0 N–H and O–H groups in total. The number of hydrogen-bond donors (Lipinski definition) is 0. The molecule has 2 aliphatic rings. The van der Waals surface area contributed by atoms with E-state index >= 15 is 0 Å². The molecule has 0 heterocycles. The highest BCUT2D eigenvalue weighted by atomic mass is 16.1. The smallest absolute Gasteiger partial charge is 0.173 e. The Kier molecular flexibility index (Phi) is 9.12. The molecule has 0 amide bonds. The highest BCUT2D eigenvalue weighted by Gasteiger charge is 2.46. The van der Waals surface area contributed by atoms with Crippen LogP contribution in [0.2, 0.25) is 0 Å². The van der Waals surface area contributed by atoms with Crippen molar-refractivity contribution in [2.24, 2.45) is 5.92 Å². The third kappa shape index (κ3) is 6.03. The Labute approximate surface area is 268 Å². The average molecular weight is 593 g/mol. The molecule has 2 atom stereocenters. The van der Waals surface area contributed by atoms with E-state index in [2.05, 4.69) is 112 Å². The Morgan fingerprint density at radius 2 is 1.38 bits per heavy atom. The number of benzene rings is 5. The summed E-state index contributed by atoms with van der Waals surface area (Å²) < 4.78 is 0. The zero-order chi connectivity index (χ0) is 31.4. The van der Waals surface area contributed by atoms with Crippen molar-refractivity contribution in [1.29, 1.82) is 0 Å². The van der Waals surface area contributed by atoms with Crippen LogP contribution in [0.4, 0.5) is 0 Å². The van der Waals surface area contributed by atoms with Gasteiger partial charge in [-0.05, 0) is 71.2 Å². The first-order valence-electron chi connectivity index (χ1n) is 16.8. The van der Waals surface area contributed by atoms with Crippen molar-refractivity contribution in [1.82, 2.24) is 0 Å². The highest BCUT2D eigenvalue weighted by Crippen LogP contribution is 2.44. The number of aryl methyl sites for hydroxylation is 1. The maximum atomic E-state index is 13.4. The van der Waals surface area contributed by atoms with Gasteiger partial charge in [0, 0.05) is 17.0 Å². The molecular formula is C43H44O2. The van der Waals surface area contributed by atoms with Crippen molar-refractivity contribution in [3.05, 3.63) is 143 Å². The first-order chi connectivity index (χ1) is 21.9. The van der Waals surface area contributed by atoms with E-state index in [-0.39, 0.29) is 11.3 Å². The van der Waals surface area contributed by atoms with Gasteiger partial charge in [-0.2, -0.15) is 0 Å². The van der Waals surface area contributed by atoms with Gasteiger partial charge in [-0.3, -0.25) is 9.59 Å². The molecule has 45 heavy (non-hydrogen) atoms. The van der Waals surface area contributed by atoms with Crippen molar-refractivity contribution < 1.29 is 9.59 Å². The fourth-order valence-electron chi connectivity index (χ4n) is 7.38. The summed E-state index contributed by atoms with van der Waals surface area (Å²) in [5, 5.41) is 2.45. The maximum Gasteiger partial charge on any atom is 0.173 e. The van der Waals surface area contributed by atoms with Crippen LogP contribution in [-0.2, 0) is 18.3 Å². The predicted octanol–water partition coefficient (Wildman–Crippen LogP) is 10.9. The molecular weight excluding hydrogens is 548 g/mol. The number of fused-ring (bicyclic) bond motifs is 3. The van der Waals surface area contributed by atoms with Gasteiger partial charge in [0.05, 0.1) is 5.41 Å². The number of Topliss-reactive ketones (excluding diaryl/α,β-unsaturated/α-hetero) is 2. The number of rotatable bonds is 8. The van der Waals surface area contributed by atoms with Crippen LogP contribution < -0.4 is 0 Å². The lowest BCUT2D eigenvalue weighted by molar-refractivity contribution is 0.0890. The molecule has 5 aromatic carbocycles. The van der Waals surface area contributed by atoms with Gasteiger partial charge < -0.3 is 0 Å². The van der Waals surface area contributed by atoms with Crippen LogP contribution in [0.25, 0.3) is 21.9 Å². The van der Waals surface area contributed by atoms with E-state index in [0.717, 1.165) is 73.6 Å². The molecule has 7 rings (SSSR count). The minimum Gasteiger partial charge on any atom is -0.294 e. The fraction of sp³-hybridized carbons (Fsp3) is 0.302. The lowest BCUT2D eigenvalue weighted by Gasteiger charge is -2.28. The van der Waals surface area contributed by atoms with Crippen LogP contribution in [0.5, 0.6) is 0 Å². The summed E-state index contributed by atoms with van der Waals surface area (Å²) >= 11 is 0. The molecule has 2 heteroatoms. The van der Waals surface area contributed by atoms with Crippen LogP contribution in [0.1, 0.15) is 95.3 Å². The first-order valence-corrected chi connectivity index (χ1v) is 16.8. The van der Waals surface area contributed by atoms with E-state index in [1.54, 1.807) is 0 Å². The normalized spacial score (nSPS) is 18.4. The number of unbranched alkanes of at least 4 members (excludes halogenated alkanes) is 2. The Hall–Kier alpha value is -4.30. The Morgan fingerprint density at radius 1 is 0.689 bits per heavy atom. The van der Waals surface area contributed by atoms with E-state index in [1.165, 1.54) is 33.0 Å². The Morgan fingerprint density at radius 3 is 2.13 bits per heavy atom. The van der Waals surface area contributed by atoms with Gasteiger partial charge in [0.25, 0.3) is 0 Å². The molecule has 0 radical (unpaired) electrons. The van der Waals surface area contributed by atoms with Gasteiger partial charge in [-0.15, -0.1) is 0 Å². The number of hydrogen-bond acceptors (Lipinski definition) is 2. The van der Waals surface area contributed by atoms with Crippen LogP contribution in [-0.4, -0.2) is 11.6 Å². The van der Waals surface area contributed by atoms with Crippen molar-refractivity contribution in [2.45, 2.75) is 77.6 Å². The molecule has 2 nitrogen and oxygen atoms in total. The molecule has 0 spiro atoms. The first kappa shape index (κ1) is 30.7. The van der Waals surface area contributed by atoms with Gasteiger partial charge in [-0.1, -0.05) is 154 Å². The second kappa shape index (κ2) is 13.4. The van der Waals surface area contributed by atoms with E-state index in [9.17, 15) is 9.59 Å². The van der Waals surface area contributed by atoms with Crippen LogP contribution in [0.15, 0.2) is 109 Å². The molecule has 0 aromatic heterocycles. The van der Waals surface area contributed by atoms with Crippen LogP contribution in [0, 0.1) is 12.8 Å². The summed E-state index contributed by atoms with van der Waals surface area (Å²) in [5.74, 6) is 0.864. The summed E-state index contributed by atoms with van der Waals surface area (Å²) in [6, 6.07) is 37.9. The number of carbonyl (C=O) groups excluding carboxylic acids is 2. The molecule has 5 aromatic rings. The van der Waals surface area contributed by atoms with E-state index in [4.69, 9.17) is 0 Å². The standard InChI is InChI=1S/C23H22O.C20H22O/c1-2-3-14-23(16-19-10-6-7-11-21(19)22(23)24)20-13-12-17-8-4-5-9-18(17)15-20;1-3-4-6-17-13-16-7-5-8-18(19(16)20(17)21)15-11-9-14(2)10-12-15/h4-13,15H,2-3,14,16H2,1H3;5,7-12,17H,3-4,6,13H2,1-2H3. The van der Waals surface area contributed by atoms with Gasteiger partial charge >= 0.3 is 0 Å². The molecule has 0 fully saturated rings. The van der Waals surface area contributed by atoms with Crippen LogP contribution >= 0.6 is 0 Å². The summed E-state index contributed by atoms with van der Waals surface area (Å²) in [6.45, 7) is 6.47. The van der Waals surface area contributed by atoms with E-state index < -0.39 is 0 Å². The van der Waals surface area contributed by atoms with Crippen molar-refractivity contribution in [3.8, 4) is 11.1 Å². The average Bonchev–Trinajstić information content (AvgIpc) is 3.56. The predicted molar refractivity (Wildman–Crippen MR) is 187 cm³/mol. The fourth-order valence-corrected chi connectivity index (χ4v) is 7.38. The minimum absolute atomic E-state index is 0.201. The van der Waals surface area contributed by atoms with Crippen molar-refractivity contribution in [2.75, 3.05) is 0 Å². The van der Waals surface area contributed by atoms with E-state index in [0.29, 0.717) is 11.6 Å². The number of ketones is 2. The summed E-state index contributed by atoms with van der Waals surface area (Å²) in [6.07, 6.45) is 8.20. The zero-order valence-electron chi connectivity index (χ0n) is 26.9. The van der Waals surface area contributed by atoms with Crippen molar-refractivity contribution in [3.63, 3.8) is 0 Å². The monoisotopic (exact) mass is 592 g/mol. The summed E-state index contributed by atoms with van der Waals surface area (Å²) in [4.78, 5) is 26.1. The topological polar surface area (TPSA) is 34.1 Å². The molecule has 0 saturated heterocycles. The molecule has 0 saturated carbocycles. The van der Waals surface area contributed by atoms with Crippen LogP contribution in [0.3, 0.4) is 0 Å². The molecule has 0 aliphatic heterocycles. The van der Waals surface area contributed by atoms with Gasteiger partial charge in [0.1, 0.15) is 0 Å². The second-order valence-corrected chi connectivity index (χ2v) is 13.0. The molecule has 2 aliphatic carbocycles. The van der Waals surface area contributed by atoms with E-state index in [1.807, 2.05) is 18.2 Å². The summed E-state index contributed by atoms with van der Waals surface area (Å²) in [5.41, 5.74) is 8.63. The van der Waals surface area contributed by atoms with Gasteiger partial charge in [0.2, 0.25) is 0 Å².